The Hall–Kier alpha value is -1.56. The Balaban J connectivity index is 1.92. The van der Waals surface area contributed by atoms with Crippen LogP contribution in [-0.4, -0.2) is 11.9 Å². The fraction of sp³-hybridized carbons (Fsp3) is 0.533. The molecular formula is C15H19F3N2O. The maximum absolute atomic E-state index is 12.8. The van der Waals surface area contributed by atoms with Gasteiger partial charge in [0.2, 0.25) is 5.91 Å². The Labute approximate surface area is 121 Å². The maximum atomic E-state index is 12.8. The third-order valence-electron chi connectivity index (χ3n) is 3.96. The van der Waals surface area contributed by atoms with Crippen molar-refractivity contribution >= 4 is 5.91 Å². The number of alkyl halides is 3. The number of nitrogens with one attached hydrogen (secondary N) is 1. The molecule has 0 spiro atoms. The summed E-state index contributed by atoms with van der Waals surface area (Å²) >= 11 is 0. The smallest absolute Gasteiger partial charge is 0.352 e. The summed E-state index contributed by atoms with van der Waals surface area (Å²) in [6.07, 6.45) is -1.29. The van der Waals surface area contributed by atoms with Crippen molar-refractivity contribution in [1.82, 2.24) is 5.32 Å². The number of carbonyl (C=O) groups excluding carboxylic acids is 1. The van der Waals surface area contributed by atoms with Gasteiger partial charge in [0.25, 0.3) is 0 Å². The molecule has 6 heteroatoms. The number of rotatable bonds is 4. The number of amides is 1. The van der Waals surface area contributed by atoms with E-state index in [9.17, 15) is 18.0 Å². The molecule has 2 rings (SSSR count). The van der Waals surface area contributed by atoms with Crippen molar-refractivity contribution in [3.05, 3.63) is 35.4 Å². The number of hydrogen-bond donors (Lipinski definition) is 2. The number of hydrogen-bond acceptors (Lipinski definition) is 2. The monoisotopic (exact) mass is 300 g/mol. The van der Waals surface area contributed by atoms with Crippen molar-refractivity contribution in [2.75, 3.05) is 0 Å². The number of carbonyl (C=O) groups is 1. The molecule has 21 heavy (non-hydrogen) atoms. The molecule has 0 heterocycles. The van der Waals surface area contributed by atoms with E-state index in [1.54, 1.807) is 0 Å². The summed E-state index contributed by atoms with van der Waals surface area (Å²) in [5.74, 6) is -0.0998. The normalized spacial score (nSPS) is 22.3. The number of benzene rings is 1. The van der Waals surface area contributed by atoms with Crippen molar-refractivity contribution < 1.29 is 18.0 Å². The largest absolute Gasteiger partial charge is 0.416 e. The molecule has 0 saturated heterocycles. The standard InChI is InChI=1S/C15H19F3N2O/c16-15(17,18)12-6-2-1-4-11(12)9-20-14(21)8-10-5-3-7-13(10)19/h1-2,4,6,10,13H,3,5,7-9,19H2,(H,20,21)/t10-,13+/m0/s1. The topological polar surface area (TPSA) is 55.1 Å². The van der Waals surface area contributed by atoms with Gasteiger partial charge in [0, 0.05) is 19.0 Å². The third-order valence-corrected chi connectivity index (χ3v) is 3.96. The van der Waals surface area contributed by atoms with E-state index in [1.807, 2.05) is 0 Å². The van der Waals surface area contributed by atoms with Gasteiger partial charge in [0.05, 0.1) is 5.56 Å². The predicted molar refractivity (Wildman–Crippen MR) is 73.2 cm³/mol. The first-order chi connectivity index (χ1) is 9.88. The quantitative estimate of drug-likeness (QED) is 0.898. The van der Waals surface area contributed by atoms with Crippen LogP contribution in [0.15, 0.2) is 24.3 Å². The summed E-state index contributed by atoms with van der Waals surface area (Å²) in [5, 5.41) is 2.56. The summed E-state index contributed by atoms with van der Waals surface area (Å²) in [4.78, 5) is 11.8. The van der Waals surface area contributed by atoms with Gasteiger partial charge in [-0.25, -0.2) is 0 Å². The van der Waals surface area contributed by atoms with Gasteiger partial charge < -0.3 is 11.1 Å². The van der Waals surface area contributed by atoms with Crippen LogP contribution in [0.3, 0.4) is 0 Å². The molecule has 3 N–H and O–H groups in total. The van der Waals surface area contributed by atoms with E-state index in [1.165, 1.54) is 18.2 Å². The maximum Gasteiger partial charge on any atom is 0.416 e. The minimum absolute atomic E-state index is 0.0261. The molecule has 1 fully saturated rings. The Bertz CT molecular complexity index is 502. The second-order valence-electron chi connectivity index (χ2n) is 5.49. The molecule has 1 saturated carbocycles. The highest BCUT2D eigenvalue weighted by atomic mass is 19.4. The molecule has 0 bridgehead atoms. The van der Waals surface area contributed by atoms with Crippen molar-refractivity contribution in [2.45, 2.75) is 44.4 Å². The lowest BCUT2D eigenvalue weighted by Crippen LogP contribution is -2.31. The third kappa shape index (κ3) is 4.20. The molecule has 1 amide bonds. The van der Waals surface area contributed by atoms with Gasteiger partial charge in [-0.15, -0.1) is 0 Å². The highest BCUT2D eigenvalue weighted by molar-refractivity contribution is 5.76. The molecule has 1 aliphatic rings. The molecular weight excluding hydrogens is 281 g/mol. The predicted octanol–water partition coefficient (Wildman–Crippen LogP) is 2.84. The molecule has 1 aromatic carbocycles. The van der Waals surface area contributed by atoms with E-state index in [4.69, 9.17) is 5.73 Å². The first-order valence-electron chi connectivity index (χ1n) is 7.05. The minimum atomic E-state index is -4.41. The molecule has 0 aliphatic heterocycles. The van der Waals surface area contributed by atoms with Gasteiger partial charge in [-0.05, 0) is 30.4 Å². The number of halogens is 3. The van der Waals surface area contributed by atoms with Crippen LogP contribution in [0.5, 0.6) is 0 Å². The van der Waals surface area contributed by atoms with Crippen LogP contribution in [0.2, 0.25) is 0 Å². The van der Waals surface area contributed by atoms with Crippen LogP contribution in [0.4, 0.5) is 13.2 Å². The second kappa shape index (κ2) is 6.47. The molecule has 0 aromatic heterocycles. The SMILES string of the molecule is N[C@@H]1CCC[C@H]1CC(=O)NCc1ccccc1C(F)(F)F. The van der Waals surface area contributed by atoms with Gasteiger partial charge in [-0.2, -0.15) is 13.2 Å². The summed E-state index contributed by atoms with van der Waals surface area (Å²) in [6, 6.07) is 5.30. The van der Waals surface area contributed by atoms with E-state index < -0.39 is 11.7 Å². The van der Waals surface area contributed by atoms with Gasteiger partial charge in [0.15, 0.2) is 0 Å². The van der Waals surface area contributed by atoms with E-state index in [2.05, 4.69) is 5.32 Å². The Morgan fingerprint density at radius 1 is 1.29 bits per heavy atom. The Morgan fingerprint density at radius 2 is 2.00 bits per heavy atom. The van der Waals surface area contributed by atoms with E-state index in [0.29, 0.717) is 0 Å². The van der Waals surface area contributed by atoms with Crippen LogP contribution in [-0.2, 0) is 17.5 Å². The lowest BCUT2D eigenvalue weighted by Gasteiger charge is -2.16. The lowest BCUT2D eigenvalue weighted by atomic mass is 10.00. The summed E-state index contributed by atoms with van der Waals surface area (Å²) in [7, 11) is 0. The van der Waals surface area contributed by atoms with Crippen molar-refractivity contribution in [2.24, 2.45) is 11.7 Å². The zero-order valence-corrected chi connectivity index (χ0v) is 11.6. The first kappa shape index (κ1) is 15.8. The summed E-state index contributed by atoms with van der Waals surface area (Å²) < 4.78 is 38.5. The average Bonchev–Trinajstić information content (AvgIpc) is 2.81. The van der Waals surface area contributed by atoms with Crippen molar-refractivity contribution in [3.8, 4) is 0 Å². The van der Waals surface area contributed by atoms with E-state index in [-0.39, 0.29) is 36.4 Å². The molecule has 0 unspecified atom stereocenters. The van der Waals surface area contributed by atoms with Gasteiger partial charge in [-0.3, -0.25) is 4.79 Å². The molecule has 3 nitrogen and oxygen atoms in total. The highest BCUT2D eigenvalue weighted by Gasteiger charge is 2.33. The molecule has 1 aromatic rings. The van der Waals surface area contributed by atoms with Gasteiger partial charge in [-0.1, -0.05) is 24.6 Å². The lowest BCUT2D eigenvalue weighted by molar-refractivity contribution is -0.138. The Morgan fingerprint density at radius 3 is 2.62 bits per heavy atom. The van der Waals surface area contributed by atoms with E-state index >= 15 is 0 Å². The van der Waals surface area contributed by atoms with Crippen molar-refractivity contribution in [1.29, 1.82) is 0 Å². The second-order valence-corrected chi connectivity index (χ2v) is 5.49. The van der Waals surface area contributed by atoms with E-state index in [0.717, 1.165) is 25.3 Å². The van der Waals surface area contributed by atoms with Crippen LogP contribution in [0.1, 0.15) is 36.8 Å². The summed E-state index contributed by atoms with van der Waals surface area (Å²) in [5.41, 5.74) is 5.26. The van der Waals surface area contributed by atoms with Gasteiger partial charge >= 0.3 is 6.18 Å². The molecule has 116 valence electrons. The summed E-state index contributed by atoms with van der Waals surface area (Å²) in [6.45, 7) is -0.115. The molecule has 0 radical (unpaired) electrons. The minimum Gasteiger partial charge on any atom is -0.352 e. The fourth-order valence-corrected chi connectivity index (χ4v) is 2.77. The van der Waals surface area contributed by atoms with Crippen LogP contribution >= 0.6 is 0 Å². The van der Waals surface area contributed by atoms with Crippen molar-refractivity contribution in [3.63, 3.8) is 0 Å². The van der Waals surface area contributed by atoms with Crippen LogP contribution in [0, 0.1) is 5.92 Å². The molecule has 2 atom stereocenters. The molecule has 1 aliphatic carbocycles. The Kier molecular flexibility index (Phi) is 4.88. The fourth-order valence-electron chi connectivity index (χ4n) is 2.77. The zero-order chi connectivity index (χ0) is 15.5. The highest BCUT2D eigenvalue weighted by Crippen LogP contribution is 2.32. The zero-order valence-electron chi connectivity index (χ0n) is 11.6. The van der Waals surface area contributed by atoms with Crippen LogP contribution < -0.4 is 11.1 Å². The average molecular weight is 300 g/mol. The van der Waals surface area contributed by atoms with Crippen LogP contribution in [0.25, 0.3) is 0 Å². The first-order valence-corrected chi connectivity index (χ1v) is 7.05. The van der Waals surface area contributed by atoms with Gasteiger partial charge in [0.1, 0.15) is 0 Å². The number of nitrogens with two attached hydrogens (primary N) is 1.